The Morgan fingerprint density at radius 3 is 2.58 bits per heavy atom. The number of amides is 1. The van der Waals surface area contributed by atoms with Crippen molar-refractivity contribution >= 4 is 23.1 Å². The summed E-state index contributed by atoms with van der Waals surface area (Å²) in [6.45, 7) is 3.98. The van der Waals surface area contributed by atoms with Crippen molar-refractivity contribution in [1.29, 1.82) is 0 Å². The number of aromatic nitrogens is 2. The minimum absolute atomic E-state index is 0.196. The van der Waals surface area contributed by atoms with Gasteiger partial charge in [-0.05, 0) is 61.9 Å². The predicted octanol–water partition coefficient (Wildman–Crippen LogP) is 5.90. The molecule has 0 radical (unpaired) electrons. The third-order valence-corrected chi connectivity index (χ3v) is 4.77. The molecule has 1 heterocycles. The van der Waals surface area contributed by atoms with E-state index in [-0.39, 0.29) is 11.7 Å². The van der Waals surface area contributed by atoms with Crippen molar-refractivity contribution in [3.8, 4) is 11.4 Å². The molecule has 5 nitrogen and oxygen atoms in total. The quantitative estimate of drug-likeness (QED) is 0.429. The van der Waals surface area contributed by atoms with Crippen LogP contribution in [0.2, 0.25) is 0 Å². The first-order valence-electron chi connectivity index (χ1n) is 9.82. The molecular formula is C25H21FN4O. The molecule has 0 spiro atoms. The molecule has 0 bridgehead atoms. The van der Waals surface area contributed by atoms with Crippen LogP contribution in [0.4, 0.5) is 21.6 Å². The molecule has 0 aliphatic heterocycles. The van der Waals surface area contributed by atoms with Crippen LogP contribution >= 0.6 is 0 Å². The molecule has 31 heavy (non-hydrogen) atoms. The third-order valence-electron chi connectivity index (χ3n) is 4.77. The average molecular weight is 412 g/mol. The Morgan fingerprint density at radius 2 is 1.77 bits per heavy atom. The Balaban J connectivity index is 1.52. The number of hydrogen-bond acceptors (Lipinski definition) is 4. The first-order valence-corrected chi connectivity index (χ1v) is 9.82. The van der Waals surface area contributed by atoms with Crippen LogP contribution in [0.25, 0.3) is 11.4 Å². The van der Waals surface area contributed by atoms with E-state index in [0.29, 0.717) is 28.5 Å². The predicted molar refractivity (Wildman–Crippen MR) is 121 cm³/mol. The van der Waals surface area contributed by atoms with Crippen molar-refractivity contribution in [3.63, 3.8) is 0 Å². The van der Waals surface area contributed by atoms with E-state index in [1.165, 1.54) is 12.1 Å². The highest BCUT2D eigenvalue weighted by Gasteiger charge is 2.10. The fourth-order valence-corrected chi connectivity index (χ4v) is 3.23. The van der Waals surface area contributed by atoms with E-state index in [1.807, 2.05) is 38.1 Å². The van der Waals surface area contributed by atoms with Gasteiger partial charge in [0.05, 0.1) is 0 Å². The topological polar surface area (TPSA) is 66.9 Å². The fourth-order valence-electron chi connectivity index (χ4n) is 3.23. The normalized spacial score (nSPS) is 10.5. The van der Waals surface area contributed by atoms with Crippen molar-refractivity contribution in [2.75, 3.05) is 10.6 Å². The number of benzene rings is 3. The van der Waals surface area contributed by atoms with Crippen LogP contribution < -0.4 is 10.6 Å². The van der Waals surface area contributed by atoms with E-state index in [0.717, 1.165) is 16.8 Å². The van der Waals surface area contributed by atoms with Gasteiger partial charge in [-0.1, -0.05) is 35.9 Å². The summed E-state index contributed by atoms with van der Waals surface area (Å²) < 4.78 is 13.5. The van der Waals surface area contributed by atoms with Gasteiger partial charge in [0.2, 0.25) is 0 Å². The molecule has 0 unspecified atom stereocenters. The van der Waals surface area contributed by atoms with Crippen molar-refractivity contribution in [1.82, 2.24) is 9.97 Å². The van der Waals surface area contributed by atoms with Crippen molar-refractivity contribution in [2.24, 2.45) is 0 Å². The van der Waals surface area contributed by atoms with Crippen LogP contribution in [0.3, 0.4) is 0 Å². The Morgan fingerprint density at radius 1 is 0.935 bits per heavy atom. The molecule has 154 valence electrons. The lowest BCUT2D eigenvalue weighted by Crippen LogP contribution is -2.13. The molecule has 0 atom stereocenters. The average Bonchev–Trinajstić information content (AvgIpc) is 2.76. The Labute approximate surface area is 180 Å². The summed E-state index contributed by atoms with van der Waals surface area (Å²) >= 11 is 0. The van der Waals surface area contributed by atoms with E-state index in [9.17, 15) is 9.18 Å². The number of carbonyl (C=O) groups is 1. The molecule has 2 N–H and O–H groups in total. The zero-order valence-electron chi connectivity index (χ0n) is 17.2. The molecule has 0 fully saturated rings. The molecule has 0 saturated carbocycles. The zero-order valence-corrected chi connectivity index (χ0v) is 17.2. The van der Waals surface area contributed by atoms with Gasteiger partial charge in [-0.15, -0.1) is 0 Å². The maximum Gasteiger partial charge on any atom is 0.255 e. The first-order chi connectivity index (χ1) is 15.0. The Kier molecular flexibility index (Phi) is 5.71. The van der Waals surface area contributed by atoms with Gasteiger partial charge in [0, 0.05) is 28.7 Å². The number of halogens is 1. The molecule has 3 aromatic carbocycles. The summed E-state index contributed by atoms with van der Waals surface area (Å²) in [6, 6.07) is 20.9. The molecule has 6 heteroatoms. The van der Waals surface area contributed by atoms with Crippen molar-refractivity contribution in [3.05, 3.63) is 102 Å². The lowest BCUT2D eigenvalue weighted by Gasteiger charge is -2.11. The highest BCUT2D eigenvalue weighted by Crippen LogP contribution is 2.22. The highest BCUT2D eigenvalue weighted by atomic mass is 19.1. The number of aryl methyl sites for hydroxylation is 2. The lowest BCUT2D eigenvalue weighted by molar-refractivity contribution is 0.102. The minimum Gasteiger partial charge on any atom is -0.340 e. The van der Waals surface area contributed by atoms with Gasteiger partial charge in [0.1, 0.15) is 11.6 Å². The van der Waals surface area contributed by atoms with E-state index < -0.39 is 0 Å². The molecule has 0 saturated heterocycles. The minimum atomic E-state index is -0.345. The monoisotopic (exact) mass is 412 g/mol. The molecule has 4 aromatic rings. The smallest absolute Gasteiger partial charge is 0.255 e. The molecule has 1 amide bonds. The maximum atomic E-state index is 13.5. The number of anilines is 3. The van der Waals surface area contributed by atoms with Gasteiger partial charge >= 0.3 is 0 Å². The van der Waals surface area contributed by atoms with Crippen LogP contribution in [0.5, 0.6) is 0 Å². The number of nitrogens with zero attached hydrogens (tertiary/aromatic N) is 2. The second-order valence-corrected chi connectivity index (χ2v) is 7.25. The van der Waals surface area contributed by atoms with Gasteiger partial charge in [0.25, 0.3) is 5.91 Å². The summed E-state index contributed by atoms with van der Waals surface area (Å²) in [6.07, 6.45) is 1.60. The summed E-state index contributed by atoms with van der Waals surface area (Å²) in [5, 5.41) is 6.13. The van der Waals surface area contributed by atoms with E-state index in [4.69, 9.17) is 0 Å². The second-order valence-electron chi connectivity index (χ2n) is 7.25. The standard InChI is InChI=1S/C25H21FN4O/c1-16-9-10-22(17(2)13-16)29-25(31)19-6-4-8-21(15-19)28-23-11-12-27-24(30-23)18-5-3-7-20(26)14-18/h3-15H,1-2H3,(H,29,31)(H,27,28,30). The summed E-state index contributed by atoms with van der Waals surface area (Å²) in [4.78, 5) is 21.4. The van der Waals surface area contributed by atoms with Crippen LogP contribution in [-0.4, -0.2) is 15.9 Å². The molecule has 1 aromatic heterocycles. The zero-order chi connectivity index (χ0) is 21.8. The molecule has 0 aliphatic rings. The van der Waals surface area contributed by atoms with Crippen LogP contribution in [-0.2, 0) is 0 Å². The van der Waals surface area contributed by atoms with Crippen molar-refractivity contribution < 1.29 is 9.18 Å². The summed E-state index contributed by atoms with van der Waals surface area (Å²) in [5.74, 6) is 0.412. The number of nitrogens with one attached hydrogen (secondary N) is 2. The van der Waals surface area contributed by atoms with Gasteiger partial charge in [0.15, 0.2) is 5.82 Å². The lowest BCUT2D eigenvalue weighted by atomic mass is 10.1. The Hall–Kier alpha value is -4.06. The van der Waals surface area contributed by atoms with Gasteiger partial charge < -0.3 is 10.6 Å². The SMILES string of the molecule is Cc1ccc(NC(=O)c2cccc(Nc3ccnc(-c4cccc(F)c4)n3)c2)c(C)c1. The first kappa shape index (κ1) is 20.2. The highest BCUT2D eigenvalue weighted by molar-refractivity contribution is 6.05. The third kappa shape index (κ3) is 4.93. The van der Waals surface area contributed by atoms with Crippen LogP contribution in [0.1, 0.15) is 21.5 Å². The largest absolute Gasteiger partial charge is 0.340 e. The Bertz CT molecular complexity index is 1260. The van der Waals surface area contributed by atoms with E-state index in [2.05, 4.69) is 20.6 Å². The van der Waals surface area contributed by atoms with E-state index >= 15 is 0 Å². The van der Waals surface area contributed by atoms with Gasteiger partial charge in [-0.3, -0.25) is 4.79 Å². The fraction of sp³-hybridized carbons (Fsp3) is 0.0800. The summed E-state index contributed by atoms with van der Waals surface area (Å²) in [7, 11) is 0. The molecule has 4 rings (SSSR count). The summed E-state index contributed by atoms with van der Waals surface area (Å²) in [5.41, 5.74) is 4.74. The maximum absolute atomic E-state index is 13.5. The molecular weight excluding hydrogens is 391 g/mol. The number of rotatable bonds is 5. The van der Waals surface area contributed by atoms with Gasteiger partial charge in [-0.2, -0.15) is 0 Å². The number of hydrogen-bond donors (Lipinski definition) is 2. The van der Waals surface area contributed by atoms with Gasteiger partial charge in [-0.25, -0.2) is 14.4 Å². The van der Waals surface area contributed by atoms with Crippen LogP contribution in [0, 0.1) is 19.7 Å². The van der Waals surface area contributed by atoms with Crippen LogP contribution in [0.15, 0.2) is 79.0 Å². The molecule has 0 aliphatic carbocycles. The van der Waals surface area contributed by atoms with Crippen molar-refractivity contribution in [2.45, 2.75) is 13.8 Å². The second kappa shape index (κ2) is 8.75. The number of carbonyl (C=O) groups excluding carboxylic acids is 1. The van der Waals surface area contributed by atoms with E-state index in [1.54, 1.807) is 42.6 Å².